The number of nitrogens with one attached hydrogen (secondary N) is 2. The fourth-order valence-corrected chi connectivity index (χ4v) is 7.95. The summed E-state index contributed by atoms with van der Waals surface area (Å²) in [6.45, 7) is 5.32. The van der Waals surface area contributed by atoms with E-state index in [9.17, 15) is 14.4 Å². The molecule has 5 atom stereocenters. The minimum Gasteiger partial charge on any atom is -0.359 e. The average Bonchev–Trinajstić information content (AvgIpc) is 3.57. The molecular formula is C30H39Cl2N5O4. The van der Waals surface area contributed by atoms with Crippen molar-refractivity contribution in [2.75, 3.05) is 51.6 Å². The van der Waals surface area contributed by atoms with Gasteiger partial charge in [0.25, 0.3) is 0 Å². The summed E-state index contributed by atoms with van der Waals surface area (Å²) >= 11 is 12.3. The number of rotatable bonds is 8. The number of likely N-dealkylation sites (tertiary alicyclic amines) is 1. The van der Waals surface area contributed by atoms with Crippen LogP contribution in [0.1, 0.15) is 38.5 Å². The summed E-state index contributed by atoms with van der Waals surface area (Å²) in [5.41, 5.74) is -0.711. The monoisotopic (exact) mass is 603 g/mol. The van der Waals surface area contributed by atoms with Gasteiger partial charge in [-0.1, -0.05) is 54.6 Å². The van der Waals surface area contributed by atoms with Gasteiger partial charge in [0.05, 0.1) is 17.9 Å². The number of amides is 3. The van der Waals surface area contributed by atoms with Gasteiger partial charge in [-0.2, -0.15) is 0 Å². The quantitative estimate of drug-likeness (QED) is 0.443. The first-order chi connectivity index (χ1) is 19.7. The summed E-state index contributed by atoms with van der Waals surface area (Å²) in [6, 6.07) is 4.11. The molecule has 11 heteroatoms. The maximum absolute atomic E-state index is 14.2. The third-order valence-corrected chi connectivity index (χ3v) is 9.91. The van der Waals surface area contributed by atoms with Crippen molar-refractivity contribution >= 4 is 46.6 Å². The Bertz CT molecular complexity index is 1200. The predicted molar refractivity (Wildman–Crippen MR) is 158 cm³/mol. The Labute approximate surface area is 251 Å². The summed E-state index contributed by atoms with van der Waals surface area (Å²) in [5.74, 6) is -2.26. The molecule has 1 spiro atoms. The Hall–Kier alpha value is -2.17. The number of anilines is 1. The molecule has 6 rings (SSSR count). The molecule has 0 radical (unpaired) electrons. The molecule has 5 aliphatic rings. The molecule has 4 fully saturated rings. The van der Waals surface area contributed by atoms with Crippen molar-refractivity contribution in [1.29, 1.82) is 0 Å². The van der Waals surface area contributed by atoms with Crippen LogP contribution in [0.3, 0.4) is 0 Å². The van der Waals surface area contributed by atoms with Gasteiger partial charge in [0.2, 0.25) is 17.7 Å². The first-order valence-corrected chi connectivity index (χ1v) is 15.7. The van der Waals surface area contributed by atoms with Gasteiger partial charge in [-0.3, -0.25) is 14.4 Å². The maximum Gasteiger partial charge on any atom is 0.246 e. The Kier molecular flexibility index (Phi) is 8.35. The molecule has 0 aromatic heterocycles. The second-order valence-corrected chi connectivity index (χ2v) is 13.1. The zero-order chi connectivity index (χ0) is 28.7. The van der Waals surface area contributed by atoms with Gasteiger partial charge < -0.3 is 30.1 Å². The number of carbonyl (C=O) groups is 3. The number of hydrogen-bond donors (Lipinski definition) is 2. The van der Waals surface area contributed by atoms with E-state index >= 15 is 0 Å². The smallest absolute Gasteiger partial charge is 0.246 e. The van der Waals surface area contributed by atoms with E-state index in [0.717, 1.165) is 64.8 Å². The standard InChI is InChI=1S/C30H39Cl2N5O4/c1-35-12-14-36(15-13-35)10-5-11-37-26(28(39)33-21-6-3-2-4-7-21)30-9-8-23(41-30)24(25(30)29(37)40)27(38)34-22-17-19(31)16-20(32)18-22/h8-9,16-18,21,23-26H,2-7,10-15H2,1H3,(H,33,39)(H,34,38)/t23-,24+,25-,26+,30-/m0/s1. The van der Waals surface area contributed by atoms with E-state index in [4.69, 9.17) is 27.9 Å². The molecule has 9 nitrogen and oxygen atoms in total. The molecule has 4 aliphatic heterocycles. The first-order valence-electron chi connectivity index (χ1n) is 14.9. The lowest BCUT2D eigenvalue weighted by molar-refractivity contribution is -0.141. The van der Waals surface area contributed by atoms with Crippen molar-refractivity contribution in [3.63, 3.8) is 0 Å². The number of halogens is 2. The molecular weight excluding hydrogens is 565 g/mol. The zero-order valence-corrected chi connectivity index (χ0v) is 25.0. The van der Waals surface area contributed by atoms with Crippen molar-refractivity contribution in [1.82, 2.24) is 20.0 Å². The molecule has 3 saturated heterocycles. The molecule has 2 bridgehead atoms. The van der Waals surface area contributed by atoms with Gasteiger partial charge >= 0.3 is 0 Å². The van der Waals surface area contributed by atoms with Crippen molar-refractivity contribution in [2.24, 2.45) is 11.8 Å². The Morgan fingerprint density at radius 3 is 2.41 bits per heavy atom. The fraction of sp³-hybridized carbons (Fsp3) is 0.633. The summed E-state index contributed by atoms with van der Waals surface area (Å²) in [4.78, 5) is 48.2. The normalized spacial score (nSPS) is 32.0. The molecule has 4 heterocycles. The highest BCUT2D eigenvalue weighted by Gasteiger charge is 2.72. The van der Waals surface area contributed by atoms with Crippen LogP contribution >= 0.6 is 23.2 Å². The van der Waals surface area contributed by atoms with E-state index < -0.39 is 29.6 Å². The van der Waals surface area contributed by atoms with E-state index in [0.29, 0.717) is 22.3 Å². The molecule has 222 valence electrons. The lowest BCUT2D eigenvalue weighted by Gasteiger charge is -2.35. The highest BCUT2D eigenvalue weighted by Crippen LogP contribution is 2.55. The van der Waals surface area contributed by atoms with Gasteiger partial charge in [0.15, 0.2) is 0 Å². The van der Waals surface area contributed by atoms with E-state index in [1.165, 1.54) is 6.42 Å². The Morgan fingerprint density at radius 1 is 1.00 bits per heavy atom. The topological polar surface area (TPSA) is 94.2 Å². The van der Waals surface area contributed by atoms with Crippen LogP contribution in [0, 0.1) is 11.8 Å². The molecule has 0 unspecified atom stereocenters. The van der Waals surface area contributed by atoms with Gasteiger partial charge in [0, 0.05) is 54.5 Å². The van der Waals surface area contributed by atoms with E-state index in [2.05, 4.69) is 27.5 Å². The molecule has 41 heavy (non-hydrogen) atoms. The number of piperazine rings is 1. The minimum atomic E-state index is -1.16. The van der Waals surface area contributed by atoms with Gasteiger partial charge in [-0.25, -0.2) is 0 Å². The van der Waals surface area contributed by atoms with Crippen LogP contribution in [-0.4, -0.2) is 103 Å². The van der Waals surface area contributed by atoms with Crippen molar-refractivity contribution < 1.29 is 19.1 Å². The van der Waals surface area contributed by atoms with Crippen molar-refractivity contribution in [3.8, 4) is 0 Å². The van der Waals surface area contributed by atoms with Crippen LogP contribution in [0.5, 0.6) is 0 Å². The number of benzene rings is 1. The third-order valence-electron chi connectivity index (χ3n) is 9.48. The minimum absolute atomic E-state index is 0.100. The Balaban J connectivity index is 1.23. The summed E-state index contributed by atoms with van der Waals surface area (Å²) in [6.07, 6.45) is 9.11. The van der Waals surface area contributed by atoms with E-state index in [-0.39, 0.29) is 23.8 Å². The second kappa shape index (κ2) is 11.8. The first kappa shape index (κ1) is 28.9. The number of carbonyl (C=O) groups excluding carboxylic acids is 3. The fourth-order valence-electron chi connectivity index (χ4n) is 7.42. The van der Waals surface area contributed by atoms with Crippen molar-refractivity contribution in [3.05, 3.63) is 40.4 Å². The largest absolute Gasteiger partial charge is 0.359 e. The number of fused-ring (bicyclic) bond motifs is 1. The predicted octanol–water partition coefficient (Wildman–Crippen LogP) is 3.17. The molecule has 2 N–H and O–H groups in total. The van der Waals surface area contributed by atoms with Crippen LogP contribution in [0.15, 0.2) is 30.4 Å². The Morgan fingerprint density at radius 2 is 1.71 bits per heavy atom. The average molecular weight is 605 g/mol. The van der Waals surface area contributed by atoms with Crippen LogP contribution in [0.2, 0.25) is 10.0 Å². The molecule has 1 aromatic carbocycles. The van der Waals surface area contributed by atoms with Crippen LogP contribution < -0.4 is 10.6 Å². The lowest BCUT2D eigenvalue weighted by Crippen LogP contribution is -2.56. The highest BCUT2D eigenvalue weighted by molar-refractivity contribution is 6.35. The molecule has 1 saturated carbocycles. The molecule has 3 amide bonds. The third kappa shape index (κ3) is 5.64. The van der Waals surface area contributed by atoms with Gasteiger partial charge in [-0.15, -0.1) is 0 Å². The van der Waals surface area contributed by atoms with E-state index in [1.807, 2.05) is 12.2 Å². The number of hydrogen-bond acceptors (Lipinski definition) is 6. The lowest BCUT2D eigenvalue weighted by atomic mass is 9.74. The van der Waals surface area contributed by atoms with Crippen molar-refractivity contribution in [2.45, 2.75) is 62.3 Å². The maximum atomic E-state index is 14.2. The zero-order valence-electron chi connectivity index (χ0n) is 23.5. The van der Waals surface area contributed by atoms with Crippen LogP contribution in [-0.2, 0) is 19.1 Å². The van der Waals surface area contributed by atoms with E-state index in [1.54, 1.807) is 23.1 Å². The summed E-state index contributed by atoms with van der Waals surface area (Å²) < 4.78 is 6.47. The molecule has 1 aromatic rings. The number of nitrogens with zero attached hydrogens (tertiary/aromatic N) is 3. The van der Waals surface area contributed by atoms with Crippen LogP contribution in [0.25, 0.3) is 0 Å². The molecule has 1 aliphatic carbocycles. The summed E-state index contributed by atoms with van der Waals surface area (Å²) in [5, 5.41) is 6.94. The van der Waals surface area contributed by atoms with Gasteiger partial charge in [-0.05, 0) is 51.1 Å². The van der Waals surface area contributed by atoms with Crippen LogP contribution in [0.4, 0.5) is 5.69 Å². The number of likely N-dealkylation sites (N-methyl/N-ethyl adjacent to an activating group) is 1. The highest BCUT2D eigenvalue weighted by atomic mass is 35.5. The number of ether oxygens (including phenoxy) is 1. The summed E-state index contributed by atoms with van der Waals surface area (Å²) in [7, 11) is 2.13. The second-order valence-electron chi connectivity index (χ2n) is 12.2. The SMILES string of the molecule is CN1CCN(CCCN2C(=O)[C@@H]3[C@H](C(=O)Nc4cc(Cl)cc(Cl)c4)[C@@H]4C=C[C@@]3(O4)[C@H]2C(=O)NC2CCCCC2)CC1. The van der Waals surface area contributed by atoms with Gasteiger partial charge in [0.1, 0.15) is 11.6 Å².